The fourth-order valence-electron chi connectivity index (χ4n) is 1.78. The minimum atomic E-state index is -0.410. The minimum Gasteiger partial charge on any atom is -0.350 e. The molecular formula is C14H12Cl2N2O2. The molecule has 2 aromatic carbocycles. The fraction of sp³-hybridized carbons (Fsp3) is 0.143. The van der Waals surface area contributed by atoms with Crippen LogP contribution in [-0.2, 0) is 0 Å². The molecule has 0 fully saturated rings. The molecule has 1 N–H and O–H groups in total. The maximum Gasteiger partial charge on any atom is 0.292 e. The van der Waals surface area contributed by atoms with Crippen LogP contribution in [0.4, 0.5) is 17.1 Å². The summed E-state index contributed by atoms with van der Waals surface area (Å²) in [6.45, 7) is 3.74. The molecular weight excluding hydrogens is 299 g/mol. The Labute approximate surface area is 126 Å². The number of anilines is 2. The molecule has 6 heteroatoms. The van der Waals surface area contributed by atoms with E-state index in [4.69, 9.17) is 23.2 Å². The van der Waals surface area contributed by atoms with E-state index in [9.17, 15) is 10.1 Å². The quantitative estimate of drug-likeness (QED) is 0.621. The highest BCUT2D eigenvalue weighted by molar-refractivity contribution is 6.42. The Balaban J connectivity index is 2.44. The number of nitrogens with zero attached hydrogens (tertiary/aromatic N) is 1. The van der Waals surface area contributed by atoms with E-state index in [0.29, 0.717) is 21.4 Å². The molecule has 0 aliphatic rings. The Hall–Kier alpha value is -1.78. The molecule has 0 saturated heterocycles. The summed E-state index contributed by atoms with van der Waals surface area (Å²) in [5.74, 6) is 0. The first-order chi connectivity index (χ1) is 9.38. The number of nitro benzene ring substituents is 1. The number of benzene rings is 2. The van der Waals surface area contributed by atoms with Crippen LogP contribution in [0, 0.1) is 24.0 Å². The summed E-state index contributed by atoms with van der Waals surface area (Å²) in [5.41, 5.74) is 2.94. The third-order valence-electron chi connectivity index (χ3n) is 3.01. The van der Waals surface area contributed by atoms with Crippen LogP contribution < -0.4 is 5.32 Å². The summed E-state index contributed by atoms with van der Waals surface area (Å²) in [6, 6.07) is 8.28. The van der Waals surface area contributed by atoms with E-state index >= 15 is 0 Å². The topological polar surface area (TPSA) is 55.2 Å². The standard InChI is InChI=1S/C14H12Cl2N2O2/c1-8-5-13(14(18(19)20)6-9(8)2)17-10-3-4-11(15)12(16)7-10/h3-7,17H,1-2H3. The van der Waals surface area contributed by atoms with E-state index in [1.807, 2.05) is 13.8 Å². The number of halogens is 2. The third kappa shape index (κ3) is 3.03. The second-order valence-electron chi connectivity index (χ2n) is 4.46. The van der Waals surface area contributed by atoms with Crippen molar-refractivity contribution in [2.24, 2.45) is 0 Å². The zero-order chi connectivity index (χ0) is 14.9. The Morgan fingerprint density at radius 1 is 1.05 bits per heavy atom. The first-order valence-electron chi connectivity index (χ1n) is 5.86. The lowest BCUT2D eigenvalue weighted by molar-refractivity contribution is -0.384. The van der Waals surface area contributed by atoms with Gasteiger partial charge < -0.3 is 5.32 Å². The van der Waals surface area contributed by atoms with Crippen molar-refractivity contribution in [3.63, 3.8) is 0 Å². The zero-order valence-corrected chi connectivity index (χ0v) is 12.4. The Morgan fingerprint density at radius 3 is 2.30 bits per heavy atom. The van der Waals surface area contributed by atoms with Gasteiger partial charge in [-0.05, 0) is 49.2 Å². The molecule has 0 aliphatic carbocycles. The lowest BCUT2D eigenvalue weighted by Crippen LogP contribution is -1.99. The van der Waals surface area contributed by atoms with Crippen LogP contribution in [0.5, 0.6) is 0 Å². The first kappa shape index (κ1) is 14.6. The molecule has 2 aromatic rings. The van der Waals surface area contributed by atoms with E-state index in [0.717, 1.165) is 11.1 Å². The van der Waals surface area contributed by atoms with E-state index < -0.39 is 4.92 Å². The van der Waals surface area contributed by atoms with Gasteiger partial charge in [0.25, 0.3) is 5.69 Å². The molecule has 0 heterocycles. The van der Waals surface area contributed by atoms with Crippen molar-refractivity contribution in [1.82, 2.24) is 0 Å². The van der Waals surface area contributed by atoms with Gasteiger partial charge in [-0.3, -0.25) is 10.1 Å². The number of aryl methyl sites for hydroxylation is 2. The van der Waals surface area contributed by atoms with Crippen LogP contribution in [0.15, 0.2) is 30.3 Å². The van der Waals surface area contributed by atoms with Crippen molar-refractivity contribution in [3.8, 4) is 0 Å². The molecule has 0 amide bonds. The van der Waals surface area contributed by atoms with Crippen molar-refractivity contribution < 1.29 is 4.92 Å². The lowest BCUT2D eigenvalue weighted by Gasteiger charge is -2.10. The van der Waals surface area contributed by atoms with Crippen molar-refractivity contribution in [3.05, 3.63) is 61.6 Å². The van der Waals surface area contributed by atoms with Gasteiger partial charge in [0.15, 0.2) is 0 Å². The minimum absolute atomic E-state index is 0.0270. The monoisotopic (exact) mass is 310 g/mol. The smallest absolute Gasteiger partial charge is 0.292 e. The number of hydrogen-bond donors (Lipinski definition) is 1. The third-order valence-corrected chi connectivity index (χ3v) is 3.75. The summed E-state index contributed by atoms with van der Waals surface area (Å²) >= 11 is 11.8. The maximum absolute atomic E-state index is 11.1. The Kier molecular flexibility index (Phi) is 4.16. The van der Waals surface area contributed by atoms with Crippen LogP contribution in [-0.4, -0.2) is 4.92 Å². The number of rotatable bonds is 3. The zero-order valence-electron chi connectivity index (χ0n) is 10.9. The molecule has 0 atom stereocenters. The molecule has 0 spiro atoms. The number of hydrogen-bond acceptors (Lipinski definition) is 3. The van der Waals surface area contributed by atoms with E-state index in [-0.39, 0.29) is 5.69 Å². The van der Waals surface area contributed by atoms with Crippen molar-refractivity contribution in [2.45, 2.75) is 13.8 Å². The summed E-state index contributed by atoms with van der Waals surface area (Å²) in [4.78, 5) is 10.7. The fourth-order valence-corrected chi connectivity index (χ4v) is 2.08. The lowest BCUT2D eigenvalue weighted by atomic mass is 10.1. The second kappa shape index (κ2) is 5.69. The van der Waals surface area contributed by atoms with Crippen molar-refractivity contribution in [1.29, 1.82) is 0 Å². The predicted molar refractivity (Wildman–Crippen MR) is 82.3 cm³/mol. The molecule has 104 valence electrons. The summed E-state index contributed by atoms with van der Waals surface area (Å²) in [5, 5.41) is 14.9. The average molecular weight is 311 g/mol. The van der Waals surface area contributed by atoms with Crippen LogP contribution in [0.1, 0.15) is 11.1 Å². The summed E-state index contributed by atoms with van der Waals surface area (Å²) < 4.78 is 0. The maximum atomic E-state index is 11.1. The molecule has 20 heavy (non-hydrogen) atoms. The van der Waals surface area contributed by atoms with Crippen LogP contribution >= 0.6 is 23.2 Å². The van der Waals surface area contributed by atoms with Crippen molar-refractivity contribution >= 4 is 40.3 Å². The molecule has 0 aliphatic heterocycles. The van der Waals surface area contributed by atoms with Gasteiger partial charge in [0.05, 0.1) is 15.0 Å². The van der Waals surface area contributed by atoms with Gasteiger partial charge >= 0.3 is 0 Å². The average Bonchev–Trinajstić information content (AvgIpc) is 2.37. The SMILES string of the molecule is Cc1cc(Nc2ccc(Cl)c(Cl)c2)c([N+](=O)[O-])cc1C. The van der Waals surface area contributed by atoms with Gasteiger partial charge in [0.1, 0.15) is 5.69 Å². The summed E-state index contributed by atoms with van der Waals surface area (Å²) in [7, 11) is 0. The number of nitro groups is 1. The first-order valence-corrected chi connectivity index (χ1v) is 6.62. The predicted octanol–water partition coefficient (Wildman–Crippen LogP) is 5.26. The van der Waals surface area contributed by atoms with Crippen LogP contribution in [0.2, 0.25) is 10.0 Å². The Bertz CT molecular complexity index is 687. The Morgan fingerprint density at radius 2 is 1.70 bits per heavy atom. The van der Waals surface area contributed by atoms with Crippen molar-refractivity contribution in [2.75, 3.05) is 5.32 Å². The van der Waals surface area contributed by atoms with Crippen LogP contribution in [0.25, 0.3) is 0 Å². The van der Waals surface area contributed by atoms with E-state index in [1.54, 1.807) is 30.3 Å². The van der Waals surface area contributed by atoms with Crippen LogP contribution in [0.3, 0.4) is 0 Å². The largest absolute Gasteiger partial charge is 0.350 e. The van der Waals surface area contributed by atoms with Gasteiger partial charge in [0, 0.05) is 11.8 Å². The van der Waals surface area contributed by atoms with Gasteiger partial charge in [-0.15, -0.1) is 0 Å². The molecule has 0 saturated carbocycles. The van der Waals surface area contributed by atoms with Gasteiger partial charge in [-0.2, -0.15) is 0 Å². The molecule has 0 bridgehead atoms. The van der Waals surface area contributed by atoms with Gasteiger partial charge in [-0.1, -0.05) is 23.2 Å². The molecule has 0 radical (unpaired) electrons. The second-order valence-corrected chi connectivity index (χ2v) is 5.28. The van der Waals surface area contributed by atoms with E-state index in [1.165, 1.54) is 0 Å². The van der Waals surface area contributed by atoms with Gasteiger partial charge in [-0.25, -0.2) is 0 Å². The molecule has 4 nitrogen and oxygen atoms in total. The molecule has 0 unspecified atom stereocenters. The molecule has 2 rings (SSSR count). The normalized spacial score (nSPS) is 10.4. The van der Waals surface area contributed by atoms with E-state index in [2.05, 4.69) is 5.32 Å². The number of nitrogens with one attached hydrogen (secondary N) is 1. The highest BCUT2D eigenvalue weighted by Crippen LogP contribution is 2.32. The molecule has 0 aromatic heterocycles. The van der Waals surface area contributed by atoms with Gasteiger partial charge in [0.2, 0.25) is 0 Å². The summed E-state index contributed by atoms with van der Waals surface area (Å²) in [6.07, 6.45) is 0. The highest BCUT2D eigenvalue weighted by atomic mass is 35.5. The highest BCUT2D eigenvalue weighted by Gasteiger charge is 2.15.